The highest BCUT2D eigenvalue weighted by atomic mass is 16.6. The molecule has 2 nitrogen and oxygen atoms in total. The van der Waals surface area contributed by atoms with E-state index in [1.54, 1.807) is 0 Å². The van der Waals surface area contributed by atoms with E-state index < -0.39 is 0 Å². The number of rotatable bonds is 1. The van der Waals surface area contributed by atoms with Crippen molar-refractivity contribution in [2.45, 2.75) is 51.0 Å². The molecule has 0 atom stereocenters. The largest absolute Gasteiger partial charge is 0.459 e. The lowest BCUT2D eigenvalue weighted by atomic mass is 9.94. The first kappa shape index (κ1) is 8.09. The molecule has 2 saturated carbocycles. The minimum atomic E-state index is -0.0937. The number of ether oxygens (including phenoxy) is 1. The third kappa shape index (κ3) is 1.13. The first-order chi connectivity index (χ1) is 5.73. The summed E-state index contributed by atoms with van der Waals surface area (Å²) in [6, 6.07) is 0. The second-order valence-electron chi connectivity index (χ2n) is 4.14. The molecule has 0 N–H and O–H groups in total. The van der Waals surface area contributed by atoms with Crippen LogP contribution in [0.4, 0.5) is 0 Å². The Bertz CT molecular complexity index is 188. The molecular formula is C10H16O2. The van der Waals surface area contributed by atoms with Gasteiger partial charge in [-0.15, -0.1) is 0 Å². The molecule has 68 valence electrons. The van der Waals surface area contributed by atoms with E-state index in [0.29, 0.717) is 5.92 Å². The lowest BCUT2D eigenvalue weighted by Crippen LogP contribution is -2.33. The molecule has 12 heavy (non-hydrogen) atoms. The molecule has 0 bridgehead atoms. The number of hydrogen-bond acceptors (Lipinski definition) is 2. The van der Waals surface area contributed by atoms with E-state index in [0.717, 1.165) is 12.8 Å². The highest BCUT2D eigenvalue weighted by Gasteiger charge is 2.48. The van der Waals surface area contributed by atoms with Gasteiger partial charge in [-0.1, -0.05) is 0 Å². The summed E-state index contributed by atoms with van der Waals surface area (Å²) in [5.41, 5.74) is -0.0220. The van der Waals surface area contributed by atoms with Crippen molar-refractivity contribution in [1.82, 2.24) is 0 Å². The van der Waals surface area contributed by atoms with E-state index in [4.69, 9.17) is 4.74 Å². The van der Waals surface area contributed by atoms with Gasteiger partial charge >= 0.3 is 5.97 Å². The molecule has 0 heterocycles. The highest BCUT2D eigenvalue weighted by molar-refractivity contribution is 5.66. The van der Waals surface area contributed by atoms with Gasteiger partial charge in [0.15, 0.2) is 0 Å². The maximum atomic E-state index is 10.9. The van der Waals surface area contributed by atoms with Crippen LogP contribution in [0.25, 0.3) is 0 Å². The summed E-state index contributed by atoms with van der Waals surface area (Å²) < 4.78 is 5.48. The fourth-order valence-electron chi connectivity index (χ4n) is 2.97. The van der Waals surface area contributed by atoms with Gasteiger partial charge in [-0.3, -0.25) is 4.79 Å². The zero-order chi connectivity index (χ0) is 8.60. The van der Waals surface area contributed by atoms with Crippen LogP contribution in [0.3, 0.4) is 0 Å². The van der Waals surface area contributed by atoms with Gasteiger partial charge in [0.1, 0.15) is 5.60 Å². The van der Waals surface area contributed by atoms with Gasteiger partial charge in [0.2, 0.25) is 0 Å². The first-order valence-electron chi connectivity index (χ1n) is 4.92. The Hall–Kier alpha value is -0.530. The molecule has 0 aromatic carbocycles. The lowest BCUT2D eigenvalue weighted by Gasteiger charge is -2.28. The third-order valence-electron chi connectivity index (χ3n) is 3.40. The van der Waals surface area contributed by atoms with Crippen LogP contribution in [-0.4, -0.2) is 11.6 Å². The van der Waals surface area contributed by atoms with Gasteiger partial charge in [0.25, 0.3) is 0 Å². The van der Waals surface area contributed by atoms with Crippen molar-refractivity contribution in [3.05, 3.63) is 0 Å². The summed E-state index contributed by atoms with van der Waals surface area (Å²) in [7, 11) is 0. The second kappa shape index (κ2) is 2.75. The topological polar surface area (TPSA) is 26.3 Å². The number of carbonyl (C=O) groups is 1. The molecule has 2 rings (SSSR count). The molecule has 2 fully saturated rings. The van der Waals surface area contributed by atoms with E-state index in [2.05, 4.69) is 0 Å². The molecule has 0 aromatic rings. The fourth-order valence-corrected chi connectivity index (χ4v) is 2.97. The summed E-state index contributed by atoms with van der Waals surface area (Å²) >= 11 is 0. The monoisotopic (exact) mass is 168 g/mol. The van der Waals surface area contributed by atoms with E-state index in [1.165, 1.54) is 32.6 Å². The molecule has 2 aliphatic rings. The van der Waals surface area contributed by atoms with Crippen LogP contribution in [-0.2, 0) is 9.53 Å². The van der Waals surface area contributed by atoms with Crippen LogP contribution in [0.5, 0.6) is 0 Å². The molecule has 0 aliphatic heterocycles. The maximum absolute atomic E-state index is 10.9. The fraction of sp³-hybridized carbons (Fsp3) is 0.900. The maximum Gasteiger partial charge on any atom is 0.303 e. The molecule has 0 spiro atoms. The standard InChI is InChI=1S/C10H16O2/c1-8(11)12-10-6-2-4-9(10)5-3-7-10/h9H,2-7H2,1H3. The quantitative estimate of drug-likeness (QED) is 0.561. The molecule has 0 aromatic heterocycles. The predicted octanol–water partition coefficient (Wildman–Crippen LogP) is 2.27. The van der Waals surface area contributed by atoms with Gasteiger partial charge in [-0.2, -0.15) is 0 Å². The molecule has 2 heteroatoms. The van der Waals surface area contributed by atoms with Crippen molar-refractivity contribution >= 4 is 5.97 Å². The zero-order valence-electron chi connectivity index (χ0n) is 7.64. The number of esters is 1. The van der Waals surface area contributed by atoms with Crippen LogP contribution in [0, 0.1) is 5.92 Å². The van der Waals surface area contributed by atoms with Crippen LogP contribution < -0.4 is 0 Å². The van der Waals surface area contributed by atoms with E-state index in [9.17, 15) is 4.79 Å². The van der Waals surface area contributed by atoms with E-state index >= 15 is 0 Å². The van der Waals surface area contributed by atoms with Crippen molar-refractivity contribution in [2.75, 3.05) is 0 Å². The lowest BCUT2D eigenvalue weighted by molar-refractivity contribution is -0.159. The van der Waals surface area contributed by atoms with Crippen molar-refractivity contribution in [1.29, 1.82) is 0 Å². The summed E-state index contributed by atoms with van der Waals surface area (Å²) in [4.78, 5) is 10.9. The molecular weight excluding hydrogens is 152 g/mol. The molecule has 0 saturated heterocycles. The summed E-state index contributed by atoms with van der Waals surface area (Å²) in [5.74, 6) is 0.588. The third-order valence-corrected chi connectivity index (χ3v) is 3.40. The van der Waals surface area contributed by atoms with Crippen LogP contribution >= 0.6 is 0 Å². The van der Waals surface area contributed by atoms with Gasteiger partial charge in [-0.05, 0) is 44.4 Å². The average Bonchev–Trinajstić information content (AvgIpc) is 2.42. The Morgan fingerprint density at radius 1 is 1.33 bits per heavy atom. The number of fused-ring (bicyclic) bond motifs is 1. The van der Waals surface area contributed by atoms with Crippen molar-refractivity contribution in [3.63, 3.8) is 0 Å². The van der Waals surface area contributed by atoms with Crippen molar-refractivity contribution in [3.8, 4) is 0 Å². The number of carbonyl (C=O) groups excluding carboxylic acids is 1. The van der Waals surface area contributed by atoms with Crippen LogP contribution in [0.15, 0.2) is 0 Å². The molecule has 0 radical (unpaired) electrons. The van der Waals surface area contributed by atoms with Crippen molar-refractivity contribution in [2.24, 2.45) is 5.92 Å². The Balaban J connectivity index is 2.11. The minimum Gasteiger partial charge on any atom is -0.459 e. The Labute approximate surface area is 73.3 Å². The summed E-state index contributed by atoms with van der Waals surface area (Å²) in [5, 5.41) is 0. The SMILES string of the molecule is CC(=O)OC12CCCC1CCC2. The van der Waals surface area contributed by atoms with Gasteiger partial charge in [0.05, 0.1) is 0 Å². The van der Waals surface area contributed by atoms with Crippen LogP contribution in [0.1, 0.15) is 45.4 Å². The zero-order valence-corrected chi connectivity index (χ0v) is 7.64. The van der Waals surface area contributed by atoms with Crippen molar-refractivity contribution < 1.29 is 9.53 Å². The summed E-state index contributed by atoms with van der Waals surface area (Å²) in [6.07, 6.45) is 7.25. The molecule has 2 aliphatic carbocycles. The number of hydrogen-bond donors (Lipinski definition) is 0. The Morgan fingerprint density at radius 3 is 2.42 bits per heavy atom. The van der Waals surface area contributed by atoms with Gasteiger partial charge in [0, 0.05) is 6.92 Å². The molecule has 0 amide bonds. The highest BCUT2D eigenvalue weighted by Crippen LogP contribution is 2.49. The Morgan fingerprint density at radius 2 is 1.92 bits per heavy atom. The predicted molar refractivity (Wildman–Crippen MR) is 45.7 cm³/mol. The normalized spacial score (nSPS) is 39.6. The average molecular weight is 168 g/mol. The smallest absolute Gasteiger partial charge is 0.303 e. The second-order valence-corrected chi connectivity index (χ2v) is 4.14. The van der Waals surface area contributed by atoms with Gasteiger partial charge < -0.3 is 4.74 Å². The van der Waals surface area contributed by atoms with E-state index in [1.807, 2.05) is 0 Å². The Kier molecular flexibility index (Phi) is 1.85. The van der Waals surface area contributed by atoms with E-state index in [-0.39, 0.29) is 11.6 Å². The first-order valence-corrected chi connectivity index (χ1v) is 4.92. The van der Waals surface area contributed by atoms with Crippen LogP contribution in [0.2, 0.25) is 0 Å². The summed E-state index contributed by atoms with van der Waals surface area (Å²) in [6.45, 7) is 1.53. The minimum absolute atomic E-state index is 0.0220. The molecule has 0 unspecified atom stereocenters. The van der Waals surface area contributed by atoms with Gasteiger partial charge in [-0.25, -0.2) is 0 Å².